The molecule has 0 aliphatic carbocycles. The van der Waals surface area contributed by atoms with Crippen molar-refractivity contribution >= 4 is 22.1 Å². The molecule has 0 N–H and O–H groups in total. The number of methoxy groups -OCH3 is 2. The Kier molecular flexibility index (Phi) is 6.08. The molecule has 33 heavy (non-hydrogen) atoms. The van der Waals surface area contributed by atoms with Gasteiger partial charge in [0.15, 0.2) is 5.39 Å². The molecule has 2 aromatic carbocycles. The Labute approximate surface area is 191 Å². The van der Waals surface area contributed by atoms with Gasteiger partial charge in [-0.05, 0) is 29.5 Å². The van der Waals surface area contributed by atoms with E-state index in [0.717, 1.165) is 5.56 Å². The van der Waals surface area contributed by atoms with Crippen LogP contribution in [0.25, 0.3) is 33.5 Å². The molecule has 4 rings (SSSR count). The van der Waals surface area contributed by atoms with E-state index in [1.165, 1.54) is 12.7 Å². The smallest absolute Gasteiger partial charge is 0.269 e. The van der Waals surface area contributed by atoms with Crippen molar-refractivity contribution < 1.29 is 13.9 Å². The second kappa shape index (κ2) is 8.83. The first-order chi connectivity index (χ1) is 15.7. The minimum Gasteiger partial charge on any atom is -0.497 e. The quantitative estimate of drug-likeness (QED) is 0.319. The number of benzene rings is 2. The SMILES string of the molecule is COCCCn1c(-c2ccc(C(C)(C)C)cc2)nc2oc3cc(OC)ccc3c(=O)c2c1=O. The van der Waals surface area contributed by atoms with Crippen molar-refractivity contribution in [1.29, 1.82) is 0 Å². The Hall–Kier alpha value is -3.45. The van der Waals surface area contributed by atoms with Gasteiger partial charge in [-0.3, -0.25) is 14.2 Å². The van der Waals surface area contributed by atoms with Crippen molar-refractivity contribution in [3.63, 3.8) is 0 Å². The molecule has 4 aromatic rings. The van der Waals surface area contributed by atoms with Crippen LogP contribution in [0.15, 0.2) is 56.5 Å². The molecule has 0 radical (unpaired) electrons. The van der Waals surface area contributed by atoms with Crippen LogP contribution in [-0.4, -0.2) is 30.4 Å². The zero-order chi connectivity index (χ0) is 23.8. The Morgan fingerprint density at radius 1 is 1.03 bits per heavy atom. The van der Waals surface area contributed by atoms with Crippen LogP contribution in [0.5, 0.6) is 5.75 Å². The minimum absolute atomic E-state index is 0.00175. The summed E-state index contributed by atoms with van der Waals surface area (Å²) in [5.74, 6) is 1.00. The van der Waals surface area contributed by atoms with Gasteiger partial charge in [0.25, 0.3) is 5.56 Å². The fourth-order valence-corrected chi connectivity index (χ4v) is 3.86. The maximum Gasteiger partial charge on any atom is 0.269 e. The number of fused-ring (bicyclic) bond motifs is 2. The predicted molar refractivity (Wildman–Crippen MR) is 129 cm³/mol. The zero-order valence-corrected chi connectivity index (χ0v) is 19.6. The van der Waals surface area contributed by atoms with Crippen molar-refractivity contribution in [2.24, 2.45) is 0 Å². The van der Waals surface area contributed by atoms with Gasteiger partial charge in [-0.2, -0.15) is 4.98 Å². The Morgan fingerprint density at radius 3 is 2.39 bits per heavy atom. The molecule has 0 aliphatic rings. The molecule has 0 saturated heterocycles. The fraction of sp³-hybridized carbons (Fsp3) is 0.346. The molecule has 7 heteroatoms. The summed E-state index contributed by atoms with van der Waals surface area (Å²) in [7, 11) is 3.15. The lowest BCUT2D eigenvalue weighted by molar-refractivity contribution is 0.190. The minimum atomic E-state index is -0.419. The van der Waals surface area contributed by atoms with Crippen LogP contribution in [-0.2, 0) is 16.7 Å². The summed E-state index contributed by atoms with van der Waals surface area (Å²) < 4.78 is 17.9. The molecule has 0 fully saturated rings. The van der Waals surface area contributed by atoms with Crippen LogP contribution >= 0.6 is 0 Å². The van der Waals surface area contributed by atoms with E-state index in [1.807, 2.05) is 24.3 Å². The number of ether oxygens (including phenoxy) is 2. The third-order valence-corrected chi connectivity index (χ3v) is 5.74. The zero-order valence-electron chi connectivity index (χ0n) is 19.6. The molecule has 0 atom stereocenters. The first-order valence-corrected chi connectivity index (χ1v) is 10.9. The van der Waals surface area contributed by atoms with E-state index in [4.69, 9.17) is 13.9 Å². The standard InChI is InChI=1S/C26H28N2O5/c1-26(2,3)17-9-7-16(8-10-17)23-27-24-21(25(30)28(23)13-6-14-31-4)22(29)19-12-11-18(32-5)15-20(19)33-24/h7-12,15H,6,13-14H2,1-5H3. The molecule has 0 spiro atoms. The number of aromatic nitrogens is 2. The Bertz CT molecular complexity index is 1430. The molecule has 2 aromatic heterocycles. The molecule has 0 amide bonds. The summed E-state index contributed by atoms with van der Waals surface area (Å²) >= 11 is 0. The summed E-state index contributed by atoms with van der Waals surface area (Å²) in [6, 6.07) is 12.9. The lowest BCUT2D eigenvalue weighted by atomic mass is 9.86. The van der Waals surface area contributed by atoms with Crippen molar-refractivity contribution in [2.45, 2.75) is 39.2 Å². The molecule has 7 nitrogen and oxygen atoms in total. The summed E-state index contributed by atoms with van der Waals surface area (Å²) in [5, 5.41) is 0.257. The Balaban J connectivity index is 1.99. The molecule has 172 valence electrons. The normalized spacial score (nSPS) is 11.9. The van der Waals surface area contributed by atoms with Gasteiger partial charge in [0.1, 0.15) is 17.2 Å². The highest BCUT2D eigenvalue weighted by atomic mass is 16.5. The highest BCUT2D eigenvalue weighted by molar-refractivity contribution is 5.89. The maximum atomic E-state index is 13.5. The van der Waals surface area contributed by atoms with E-state index in [0.29, 0.717) is 42.1 Å². The molecule has 0 saturated carbocycles. The fourth-order valence-electron chi connectivity index (χ4n) is 3.86. The summed E-state index contributed by atoms with van der Waals surface area (Å²) in [5.41, 5.74) is 1.46. The van der Waals surface area contributed by atoms with Gasteiger partial charge in [0.2, 0.25) is 11.1 Å². The van der Waals surface area contributed by atoms with Gasteiger partial charge >= 0.3 is 0 Å². The van der Waals surface area contributed by atoms with Crippen molar-refractivity contribution in [3.05, 3.63) is 68.6 Å². The lowest BCUT2D eigenvalue weighted by Gasteiger charge is -2.19. The van der Waals surface area contributed by atoms with Gasteiger partial charge in [0, 0.05) is 31.9 Å². The maximum absolute atomic E-state index is 13.5. The monoisotopic (exact) mass is 448 g/mol. The summed E-state index contributed by atoms with van der Waals surface area (Å²) in [6.45, 7) is 7.28. The lowest BCUT2D eigenvalue weighted by Crippen LogP contribution is -2.28. The second-order valence-corrected chi connectivity index (χ2v) is 9.04. The molecule has 0 bridgehead atoms. The van der Waals surface area contributed by atoms with E-state index in [1.54, 1.807) is 29.9 Å². The molecular formula is C26H28N2O5. The van der Waals surface area contributed by atoms with Crippen molar-refractivity contribution in [2.75, 3.05) is 20.8 Å². The number of hydrogen-bond acceptors (Lipinski definition) is 6. The predicted octanol–water partition coefficient (Wildman–Crippen LogP) is 4.51. The summed E-state index contributed by atoms with van der Waals surface area (Å²) in [4.78, 5) is 31.4. The molecule has 2 heterocycles. The van der Waals surface area contributed by atoms with E-state index in [9.17, 15) is 9.59 Å². The van der Waals surface area contributed by atoms with Crippen molar-refractivity contribution in [1.82, 2.24) is 9.55 Å². The molecular weight excluding hydrogens is 420 g/mol. The van der Waals surface area contributed by atoms with Crippen LogP contribution < -0.4 is 15.7 Å². The third-order valence-electron chi connectivity index (χ3n) is 5.74. The van der Waals surface area contributed by atoms with E-state index >= 15 is 0 Å². The Morgan fingerprint density at radius 2 is 1.76 bits per heavy atom. The van der Waals surface area contributed by atoms with Crippen LogP contribution in [0.2, 0.25) is 0 Å². The first kappa shape index (κ1) is 22.7. The highest BCUT2D eigenvalue weighted by Gasteiger charge is 2.20. The number of rotatable bonds is 6. The number of nitrogens with zero attached hydrogens (tertiary/aromatic N) is 2. The third kappa shape index (κ3) is 4.28. The second-order valence-electron chi connectivity index (χ2n) is 9.04. The van der Waals surface area contributed by atoms with Gasteiger partial charge in [0.05, 0.1) is 12.5 Å². The first-order valence-electron chi connectivity index (χ1n) is 10.9. The van der Waals surface area contributed by atoms with Gasteiger partial charge in [-0.25, -0.2) is 0 Å². The van der Waals surface area contributed by atoms with Crippen LogP contribution in [0.3, 0.4) is 0 Å². The highest BCUT2D eigenvalue weighted by Crippen LogP contribution is 2.27. The van der Waals surface area contributed by atoms with Crippen LogP contribution in [0, 0.1) is 0 Å². The largest absolute Gasteiger partial charge is 0.497 e. The van der Waals surface area contributed by atoms with Crippen LogP contribution in [0.1, 0.15) is 32.8 Å². The average Bonchev–Trinajstić information content (AvgIpc) is 2.79. The van der Waals surface area contributed by atoms with Gasteiger partial charge in [-0.1, -0.05) is 45.0 Å². The summed E-state index contributed by atoms with van der Waals surface area (Å²) in [6.07, 6.45) is 0.604. The molecule has 0 aliphatic heterocycles. The van der Waals surface area contributed by atoms with Gasteiger partial charge in [-0.15, -0.1) is 0 Å². The average molecular weight is 449 g/mol. The van der Waals surface area contributed by atoms with E-state index in [-0.39, 0.29) is 16.5 Å². The van der Waals surface area contributed by atoms with Crippen molar-refractivity contribution in [3.8, 4) is 17.1 Å². The number of hydrogen-bond donors (Lipinski definition) is 0. The van der Waals surface area contributed by atoms with Crippen LogP contribution in [0.4, 0.5) is 0 Å². The topological polar surface area (TPSA) is 83.6 Å². The van der Waals surface area contributed by atoms with E-state index < -0.39 is 11.0 Å². The van der Waals surface area contributed by atoms with E-state index in [2.05, 4.69) is 25.8 Å². The van der Waals surface area contributed by atoms with Gasteiger partial charge < -0.3 is 13.9 Å². The molecule has 0 unspecified atom stereocenters.